The van der Waals surface area contributed by atoms with Crippen LogP contribution in [0, 0.1) is 0 Å². The van der Waals surface area contributed by atoms with Crippen molar-refractivity contribution in [1.29, 1.82) is 0 Å². The summed E-state index contributed by atoms with van der Waals surface area (Å²) in [5.74, 6) is 1.43. The van der Waals surface area contributed by atoms with E-state index in [2.05, 4.69) is 76.3 Å². The van der Waals surface area contributed by atoms with Crippen LogP contribution >= 0.6 is 0 Å². The van der Waals surface area contributed by atoms with E-state index in [4.69, 9.17) is 4.74 Å². The van der Waals surface area contributed by atoms with Gasteiger partial charge >= 0.3 is 0 Å². The molecule has 1 N–H and O–H groups in total. The normalized spacial score (nSPS) is 11.5. The molecule has 0 bridgehead atoms. The summed E-state index contributed by atoms with van der Waals surface area (Å²) in [6.45, 7) is 11.9. The molecule has 27 heavy (non-hydrogen) atoms. The number of nitrogens with one attached hydrogen (secondary N) is 1. The zero-order valence-corrected chi connectivity index (χ0v) is 17.3. The maximum absolute atomic E-state index is 12.0. The molecule has 0 unspecified atom stereocenters. The maximum Gasteiger partial charge on any atom is 0.220 e. The molecular weight excluding hydrogens is 334 g/mol. The monoisotopic (exact) mass is 367 g/mol. The smallest absolute Gasteiger partial charge is 0.220 e. The Morgan fingerprint density at radius 1 is 1.00 bits per heavy atom. The molecule has 3 heteroatoms. The highest BCUT2D eigenvalue weighted by atomic mass is 16.5. The summed E-state index contributed by atoms with van der Waals surface area (Å²) in [5.41, 5.74) is 3.95. The standard InChI is InChI=1S/C24H33NO2/c1-18(2)20-9-6-19(7-10-20)8-15-23(26)25-16-17-27-22-13-11-21(12-14-22)24(3,4)5/h6-7,9-14,18H,8,15-17H2,1-5H3,(H,25,26). The van der Waals surface area contributed by atoms with Crippen molar-refractivity contribution in [3.63, 3.8) is 0 Å². The Morgan fingerprint density at radius 3 is 2.19 bits per heavy atom. The number of hydrogen-bond acceptors (Lipinski definition) is 2. The van der Waals surface area contributed by atoms with Crippen molar-refractivity contribution < 1.29 is 9.53 Å². The molecule has 0 atom stereocenters. The van der Waals surface area contributed by atoms with Gasteiger partial charge in [-0.05, 0) is 46.6 Å². The van der Waals surface area contributed by atoms with Crippen LogP contribution in [0.2, 0.25) is 0 Å². The fraction of sp³-hybridized carbons (Fsp3) is 0.458. The topological polar surface area (TPSA) is 38.3 Å². The van der Waals surface area contributed by atoms with Crippen molar-refractivity contribution in [2.75, 3.05) is 13.2 Å². The first-order chi connectivity index (χ1) is 12.8. The quantitative estimate of drug-likeness (QED) is 0.648. The van der Waals surface area contributed by atoms with Crippen LogP contribution in [-0.2, 0) is 16.6 Å². The number of aryl methyl sites for hydroxylation is 1. The zero-order valence-electron chi connectivity index (χ0n) is 17.3. The molecule has 2 aromatic carbocycles. The lowest BCUT2D eigenvalue weighted by Gasteiger charge is -2.19. The van der Waals surface area contributed by atoms with Gasteiger partial charge in [0, 0.05) is 6.42 Å². The average molecular weight is 368 g/mol. The molecule has 2 aromatic rings. The lowest BCUT2D eigenvalue weighted by molar-refractivity contribution is -0.121. The van der Waals surface area contributed by atoms with Crippen LogP contribution in [0.25, 0.3) is 0 Å². The van der Waals surface area contributed by atoms with E-state index in [1.807, 2.05) is 12.1 Å². The molecule has 1 amide bonds. The van der Waals surface area contributed by atoms with Gasteiger partial charge in [0.1, 0.15) is 12.4 Å². The molecule has 0 aliphatic carbocycles. The number of benzene rings is 2. The van der Waals surface area contributed by atoms with Crippen LogP contribution < -0.4 is 10.1 Å². The lowest BCUT2D eigenvalue weighted by atomic mass is 9.87. The molecular formula is C24H33NO2. The van der Waals surface area contributed by atoms with Crippen LogP contribution in [0.3, 0.4) is 0 Å². The highest BCUT2D eigenvalue weighted by Crippen LogP contribution is 2.24. The molecule has 0 heterocycles. The van der Waals surface area contributed by atoms with Crippen LogP contribution in [0.5, 0.6) is 5.75 Å². The molecule has 0 saturated heterocycles. The van der Waals surface area contributed by atoms with Crippen molar-refractivity contribution in [1.82, 2.24) is 5.32 Å². The summed E-state index contributed by atoms with van der Waals surface area (Å²) in [6, 6.07) is 16.7. The van der Waals surface area contributed by atoms with Crippen LogP contribution in [-0.4, -0.2) is 19.1 Å². The molecule has 0 saturated carbocycles. The Balaban J connectivity index is 1.66. The number of carbonyl (C=O) groups excluding carboxylic acids is 1. The molecule has 3 nitrogen and oxygen atoms in total. The molecule has 0 aliphatic rings. The highest BCUT2D eigenvalue weighted by Gasteiger charge is 2.12. The third-order valence-electron chi connectivity index (χ3n) is 4.70. The Hall–Kier alpha value is -2.29. The molecule has 0 radical (unpaired) electrons. The highest BCUT2D eigenvalue weighted by molar-refractivity contribution is 5.76. The summed E-state index contributed by atoms with van der Waals surface area (Å²) in [7, 11) is 0. The van der Waals surface area contributed by atoms with E-state index < -0.39 is 0 Å². The molecule has 0 aromatic heterocycles. The number of hydrogen-bond donors (Lipinski definition) is 1. The van der Waals surface area contributed by atoms with Gasteiger partial charge in [0.15, 0.2) is 0 Å². The van der Waals surface area contributed by atoms with E-state index in [9.17, 15) is 4.79 Å². The fourth-order valence-electron chi connectivity index (χ4n) is 2.83. The zero-order chi connectivity index (χ0) is 19.9. The van der Waals surface area contributed by atoms with Gasteiger partial charge < -0.3 is 10.1 Å². The second-order valence-electron chi connectivity index (χ2n) is 8.37. The summed E-state index contributed by atoms with van der Waals surface area (Å²) < 4.78 is 5.71. The minimum absolute atomic E-state index is 0.0645. The van der Waals surface area contributed by atoms with Crippen LogP contribution in [0.15, 0.2) is 48.5 Å². The number of ether oxygens (including phenoxy) is 1. The summed E-state index contributed by atoms with van der Waals surface area (Å²) in [4.78, 5) is 12.0. The Labute approximate surface area is 164 Å². The van der Waals surface area contributed by atoms with Gasteiger partial charge in [-0.1, -0.05) is 71.0 Å². The second-order valence-corrected chi connectivity index (χ2v) is 8.37. The third kappa shape index (κ3) is 7.09. The number of rotatable bonds is 8. The molecule has 0 fully saturated rings. The van der Waals surface area contributed by atoms with E-state index in [-0.39, 0.29) is 11.3 Å². The van der Waals surface area contributed by atoms with E-state index >= 15 is 0 Å². The second kappa shape index (κ2) is 9.59. The first kappa shape index (κ1) is 21.0. The number of amides is 1. The van der Waals surface area contributed by atoms with Crippen molar-refractivity contribution in [3.8, 4) is 5.75 Å². The van der Waals surface area contributed by atoms with Gasteiger partial charge in [-0.15, -0.1) is 0 Å². The summed E-state index contributed by atoms with van der Waals surface area (Å²) in [6.07, 6.45) is 1.26. The largest absolute Gasteiger partial charge is 0.492 e. The van der Waals surface area contributed by atoms with Gasteiger partial charge in [0.2, 0.25) is 5.91 Å². The van der Waals surface area contributed by atoms with Gasteiger partial charge in [-0.25, -0.2) is 0 Å². The Kier molecular flexibility index (Phi) is 7.46. The van der Waals surface area contributed by atoms with E-state index in [1.165, 1.54) is 16.7 Å². The SMILES string of the molecule is CC(C)c1ccc(CCC(=O)NCCOc2ccc(C(C)(C)C)cc2)cc1. The van der Waals surface area contributed by atoms with Crippen molar-refractivity contribution in [2.45, 2.75) is 58.8 Å². The molecule has 0 aliphatic heterocycles. The minimum atomic E-state index is 0.0645. The summed E-state index contributed by atoms with van der Waals surface area (Å²) >= 11 is 0. The third-order valence-corrected chi connectivity index (χ3v) is 4.70. The van der Waals surface area contributed by atoms with Gasteiger partial charge in [-0.3, -0.25) is 4.79 Å². The van der Waals surface area contributed by atoms with Crippen molar-refractivity contribution >= 4 is 5.91 Å². The van der Waals surface area contributed by atoms with Crippen molar-refractivity contribution in [3.05, 3.63) is 65.2 Å². The van der Waals surface area contributed by atoms with Crippen molar-refractivity contribution in [2.24, 2.45) is 0 Å². The molecule has 146 valence electrons. The first-order valence-electron chi connectivity index (χ1n) is 9.84. The predicted octanol–water partition coefficient (Wildman–Crippen LogP) is 5.24. The minimum Gasteiger partial charge on any atom is -0.492 e. The Bertz CT molecular complexity index is 710. The van der Waals surface area contributed by atoms with Crippen LogP contribution in [0.4, 0.5) is 0 Å². The summed E-state index contributed by atoms with van der Waals surface area (Å²) in [5, 5.41) is 2.92. The molecule has 2 rings (SSSR count). The predicted molar refractivity (Wildman–Crippen MR) is 112 cm³/mol. The lowest BCUT2D eigenvalue weighted by Crippen LogP contribution is -2.28. The maximum atomic E-state index is 12.0. The first-order valence-corrected chi connectivity index (χ1v) is 9.84. The van der Waals surface area contributed by atoms with Gasteiger partial charge in [-0.2, -0.15) is 0 Å². The van der Waals surface area contributed by atoms with Gasteiger partial charge in [0.05, 0.1) is 6.54 Å². The fourth-order valence-corrected chi connectivity index (χ4v) is 2.83. The van der Waals surface area contributed by atoms with E-state index in [0.29, 0.717) is 25.5 Å². The molecule has 0 spiro atoms. The Morgan fingerprint density at radius 2 is 1.63 bits per heavy atom. The van der Waals surface area contributed by atoms with E-state index in [0.717, 1.165) is 12.2 Å². The van der Waals surface area contributed by atoms with E-state index in [1.54, 1.807) is 0 Å². The average Bonchev–Trinajstić information content (AvgIpc) is 2.63. The van der Waals surface area contributed by atoms with Gasteiger partial charge in [0.25, 0.3) is 0 Å². The number of carbonyl (C=O) groups is 1. The van der Waals surface area contributed by atoms with Crippen LogP contribution in [0.1, 0.15) is 63.6 Å².